The number of hydrogen-bond donors (Lipinski definition) is 0. The Morgan fingerprint density at radius 1 is 1.42 bits per heavy atom. The summed E-state index contributed by atoms with van der Waals surface area (Å²) in [7, 11) is 0. The zero-order valence-electron chi connectivity index (χ0n) is 11.2. The third kappa shape index (κ3) is 5.02. The van der Waals surface area contributed by atoms with Crippen LogP contribution in [0.4, 0.5) is 8.78 Å². The summed E-state index contributed by atoms with van der Waals surface area (Å²) >= 11 is 0. The van der Waals surface area contributed by atoms with E-state index in [1.54, 1.807) is 0 Å². The third-order valence-corrected chi connectivity index (χ3v) is 2.57. The van der Waals surface area contributed by atoms with Crippen LogP contribution in [0, 0.1) is 5.92 Å². The Morgan fingerprint density at radius 2 is 2.11 bits per heavy atom. The molecule has 1 heterocycles. The van der Waals surface area contributed by atoms with Crippen LogP contribution in [-0.2, 0) is 16.0 Å². The molecule has 0 radical (unpaired) electrons. The van der Waals surface area contributed by atoms with Crippen LogP contribution in [-0.4, -0.2) is 35.6 Å². The molecule has 108 valence electrons. The highest BCUT2D eigenvalue weighted by atomic mass is 19.3. The second-order valence-electron chi connectivity index (χ2n) is 4.60. The highest BCUT2D eigenvalue weighted by molar-refractivity contribution is 5.82. The molecule has 7 heteroatoms. The molecule has 0 aliphatic heterocycles. The lowest BCUT2D eigenvalue weighted by molar-refractivity contribution is -0.119. The molecule has 1 aromatic heterocycles. The zero-order chi connectivity index (χ0) is 14.4. The Bertz CT molecular complexity index is 407. The van der Waals surface area contributed by atoms with Gasteiger partial charge in [-0.1, -0.05) is 19.0 Å². The molecule has 0 saturated heterocycles. The molecule has 0 saturated carbocycles. The van der Waals surface area contributed by atoms with Gasteiger partial charge in [-0.3, -0.25) is 4.79 Å². The fourth-order valence-electron chi connectivity index (χ4n) is 1.76. The van der Waals surface area contributed by atoms with E-state index in [2.05, 4.69) is 10.1 Å². The predicted octanol–water partition coefficient (Wildman–Crippen LogP) is 2.22. The molecular formula is C12H18F2N2O3. The summed E-state index contributed by atoms with van der Waals surface area (Å²) in [5.74, 6) is 0.214. The van der Waals surface area contributed by atoms with E-state index in [1.165, 1.54) is 6.92 Å². The minimum absolute atomic E-state index is 0.0425. The number of rotatable bonds is 8. The van der Waals surface area contributed by atoms with E-state index in [0.29, 0.717) is 5.82 Å². The van der Waals surface area contributed by atoms with E-state index in [1.807, 2.05) is 13.8 Å². The summed E-state index contributed by atoms with van der Waals surface area (Å²) in [6.07, 6.45) is -2.21. The average molecular weight is 276 g/mol. The van der Waals surface area contributed by atoms with Crippen molar-refractivity contribution in [2.45, 2.75) is 39.5 Å². The number of ether oxygens (including phenoxy) is 1. The highest BCUT2D eigenvalue weighted by Crippen LogP contribution is 2.23. The molecule has 1 atom stereocenters. The number of nitrogens with zero attached hydrogens (tertiary/aromatic N) is 2. The molecule has 1 unspecified atom stereocenters. The number of Topliss-reactive ketones (excluding diaryl/α,β-unsaturated/α-hetero) is 1. The second-order valence-corrected chi connectivity index (χ2v) is 4.60. The van der Waals surface area contributed by atoms with E-state index in [4.69, 9.17) is 9.26 Å². The largest absolute Gasteiger partial charge is 0.375 e. The number of hydrogen-bond acceptors (Lipinski definition) is 5. The van der Waals surface area contributed by atoms with Crippen molar-refractivity contribution < 1.29 is 22.8 Å². The minimum atomic E-state index is -2.48. The Labute approximate surface area is 110 Å². The van der Waals surface area contributed by atoms with Crippen LogP contribution < -0.4 is 0 Å². The molecular weight excluding hydrogens is 258 g/mol. The van der Waals surface area contributed by atoms with Gasteiger partial charge < -0.3 is 9.26 Å². The molecule has 5 nitrogen and oxygen atoms in total. The highest BCUT2D eigenvalue weighted by Gasteiger charge is 2.26. The summed E-state index contributed by atoms with van der Waals surface area (Å²) < 4.78 is 33.4. The van der Waals surface area contributed by atoms with E-state index >= 15 is 0 Å². The van der Waals surface area contributed by atoms with Crippen molar-refractivity contribution in [3.8, 4) is 0 Å². The van der Waals surface area contributed by atoms with Gasteiger partial charge in [-0.25, -0.2) is 8.78 Å². The average Bonchev–Trinajstić information content (AvgIpc) is 2.71. The third-order valence-electron chi connectivity index (χ3n) is 2.57. The maximum Gasteiger partial charge on any atom is 0.261 e. The summed E-state index contributed by atoms with van der Waals surface area (Å²) in [6, 6.07) is 0. The molecule has 0 aliphatic carbocycles. The topological polar surface area (TPSA) is 65.2 Å². The standard InChI is InChI=1S/C12H18F2N2O3/c1-7(2)11(8(3)17)12-15-10(16-19-12)4-5-18-6-9(13)14/h7,9,11H,4-6H2,1-3H3. The van der Waals surface area contributed by atoms with Gasteiger partial charge in [0, 0.05) is 6.42 Å². The molecule has 19 heavy (non-hydrogen) atoms. The summed E-state index contributed by atoms with van der Waals surface area (Å²) in [5.41, 5.74) is 0. The monoisotopic (exact) mass is 276 g/mol. The van der Waals surface area contributed by atoms with Gasteiger partial charge in [0.05, 0.1) is 12.5 Å². The van der Waals surface area contributed by atoms with Crippen molar-refractivity contribution in [3.05, 3.63) is 11.7 Å². The van der Waals surface area contributed by atoms with Crippen molar-refractivity contribution in [2.75, 3.05) is 13.2 Å². The fraction of sp³-hybridized carbons (Fsp3) is 0.750. The normalized spacial score (nSPS) is 13.2. The first-order valence-corrected chi connectivity index (χ1v) is 6.10. The number of carbonyl (C=O) groups excluding carboxylic acids is 1. The molecule has 1 aromatic rings. The quantitative estimate of drug-likeness (QED) is 0.681. The maximum atomic E-state index is 11.8. The van der Waals surface area contributed by atoms with Gasteiger partial charge in [-0.2, -0.15) is 4.98 Å². The summed E-state index contributed by atoms with van der Waals surface area (Å²) in [5, 5.41) is 3.71. The van der Waals surface area contributed by atoms with Gasteiger partial charge in [-0.05, 0) is 12.8 Å². The number of ketones is 1. The summed E-state index contributed by atoms with van der Waals surface area (Å²) in [6.45, 7) is 4.74. The second kappa shape index (κ2) is 7.28. The van der Waals surface area contributed by atoms with Crippen molar-refractivity contribution in [1.82, 2.24) is 10.1 Å². The molecule has 0 aromatic carbocycles. The van der Waals surface area contributed by atoms with Crippen LogP contribution in [0.25, 0.3) is 0 Å². The zero-order valence-corrected chi connectivity index (χ0v) is 11.2. The van der Waals surface area contributed by atoms with Crippen LogP contribution in [0.2, 0.25) is 0 Å². The van der Waals surface area contributed by atoms with Crippen LogP contribution in [0.3, 0.4) is 0 Å². The molecule has 0 spiro atoms. The lowest BCUT2D eigenvalue weighted by Gasteiger charge is -2.12. The van der Waals surface area contributed by atoms with Crippen LogP contribution >= 0.6 is 0 Å². The lowest BCUT2D eigenvalue weighted by atomic mass is 9.92. The van der Waals surface area contributed by atoms with Crippen molar-refractivity contribution in [2.24, 2.45) is 5.92 Å². The van der Waals surface area contributed by atoms with Crippen molar-refractivity contribution in [3.63, 3.8) is 0 Å². The van der Waals surface area contributed by atoms with Gasteiger partial charge in [0.15, 0.2) is 5.82 Å². The van der Waals surface area contributed by atoms with Crippen LogP contribution in [0.15, 0.2) is 4.52 Å². The number of halogens is 2. The van der Waals surface area contributed by atoms with E-state index in [-0.39, 0.29) is 30.6 Å². The van der Waals surface area contributed by atoms with Gasteiger partial charge >= 0.3 is 0 Å². The lowest BCUT2D eigenvalue weighted by Crippen LogP contribution is -2.15. The Balaban J connectivity index is 2.54. The Kier molecular flexibility index (Phi) is 6.01. The van der Waals surface area contributed by atoms with E-state index in [0.717, 1.165) is 0 Å². The summed E-state index contributed by atoms with van der Waals surface area (Å²) in [4.78, 5) is 15.6. The van der Waals surface area contributed by atoms with Crippen LogP contribution in [0.5, 0.6) is 0 Å². The first-order valence-electron chi connectivity index (χ1n) is 6.10. The molecule has 0 aliphatic rings. The molecule has 0 N–H and O–H groups in total. The smallest absolute Gasteiger partial charge is 0.261 e. The van der Waals surface area contributed by atoms with Gasteiger partial charge in [0.1, 0.15) is 12.4 Å². The molecule has 0 fully saturated rings. The van der Waals surface area contributed by atoms with Crippen molar-refractivity contribution in [1.29, 1.82) is 0 Å². The van der Waals surface area contributed by atoms with E-state index < -0.39 is 19.0 Å². The van der Waals surface area contributed by atoms with Gasteiger partial charge in [-0.15, -0.1) is 0 Å². The van der Waals surface area contributed by atoms with Crippen LogP contribution in [0.1, 0.15) is 38.4 Å². The number of aromatic nitrogens is 2. The van der Waals surface area contributed by atoms with Gasteiger partial charge in [0.2, 0.25) is 5.89 Å². The maximum absolute atomic E-state index is 11.8. The van der Waals surface area contributed by atoms with E-state index in [9.17, 15) is 13.6 Å². The first-order chi connectivity index (χ1) is 8.91. The Morgan fingerprint density at radius 3 is 2.63 bits per heavy atom. The molecule has 1 rings (SSSR count). The van der Waals surface area contributed by atoms with Crippen molar-refractivity contribution >= 4 is 5.78 Å². The molecule has 0 bridgehead atoms. The minimum Gasteiger partial charge on any atom is -0.375 e. The Hall–Kier alpha value is -1.37. The molecule has 0 amide bonds. The SMILES string of the molecule is CC(=O)C(c1nc(CCOCC(F)F)no1)C(C)C. The number of alkyl halides is 2. The predicted molar refractivity (Wildman–Crippen MR) is 63.1 cm³/mol. The van der Waals surface area contributed by atoms with Gasteiger partial charge in [0.25, 0.3) is 6.43 Å². The fourth-order valence-corrected chi connectivity index (χ4v) is 1.76. The number of carbonyl (C=O) groups is 1. The first kappa shape index (κ1) is 15.7.